The van der Waals surface area contributed by atoms with E-state index in [1.165, 1.54) is 0 Å². The van der Waals surface area contributed by atoms with Crippen LogP contribution in [0.5, 0.6) is 0 Å². The van der Waals surface area contributed by atoms with Crippen LogP contribution in [0.2, 0.25) is 0 Å². The van der Waals surface area contributed by atoms with E-state index in [1.807, 2.05) is 6.92 Å². The van der Waals surface area contributed by atoms with Crippen LogP contribution in [0.25, 0.3) is 0 Å². The second-order valence-electron chi connectivity index (χ2n) is 5.53. The molecule has 2 atom stereocenters. The van der Waals surface area contributed by atoms with Crippen molar-refractivity contribution in [2.45, 2.75) is 38.8 Å². The molecule has 1 fully saturated rings. The van der Waals surface area contributed by atoms with Gasteiger partial charge in [0, 0.05) is 19.0 Å². The van der Waals surface area contributed by atoms with E-state index in [-0.39, 0.29) is 5.92 Å². The van der Waals surface area contributed by atoms with Gasteiger partial charge in [0.1, 0.15) is 5.60 Å². The lowest BCUT2D eigenvalue weighted by molar-refractivity contribution is 0.0442. The molecular weight excluding hydrogens is 211 g/mol. The van der Waals surface area contributed by atoms with Crippen molar-refractivity contribution in [2.75, 3.05) is 19.8 Å². The maximum absolute atomic E-state index is 12.7. The Labute approximate surface area is 95.9 Å². The first-order chi connectivity index (χ1) is 7.27. The summed E-state index contributed by atoms with van der Waals surface area (Å²) in [6.45, 7) is 7.95. The average Bonchev–Trinajstić information content (AvgIpc) is 2.42. The number of amides is 1. The number of alkyl carbamates (subject to hydrolysis) is 1. The number of carbonyl (C=O) groups excluding carboxylic acids is 1. The Kier molecular flexibility index (Phi) is 3.78. The molecule has 0 radical (unpaired) electrons. The molecule has 2 N–H and O–H groups in total. The van der Waals surface area contributed by atoms with Gasteiger partial charge in [0.25, 0.3) is 0 Å². The largest absolute Gasteiger partial charge is 0.444 e. The zero-order valence-electron chi connectivity index (χ0n) is 10.4. The fourth-order valence-electron chi connectivity index (χ4n) is 1.78. The number of alkyl halides is 1. The Morgan fingerprint density at radius 3 is 2.75 bits per heavy atom. The quantitative estimate of drug-likeness (QED) is 0.758. The summed E-state index contributed by atoms with van der Waals surface area (Å²) in [5.74, 6) is -0.194. The summed E-state index contributed by atoms with van der Waals surface area (Å²) in [4.78, 5) is 11.6. The molecule has 4 nitrogen and oxygen atoms in total. The smallest absolute Gasteiger partial charge is 0.408 e. The summed E-state index contributed by atoms with van der Waals surface area (Å²) in [7, 11) is 0. The highest BCUT2D eigenvalue weighted by molar-refractivity contribution is 5.69. The molecule has 0 aromatic rings. The molecule has 0 aromatic carbocycles. The topological polar surface area (TPSA) is 50.4 Å². The first-order valence-electron chi connectivity index (χ1n) is 5.55. The first kappa shape index (κ1) is 13.2. The van der Waals surface area contributed by atoms with Crippen molar-refractivity contribution in [3.8, 4) is 0 Å². The monoisotopic (exact) mass is 232 g/mol. The number of nitrogens with one attached hydrogen (secondary N) is 2. The third-order valence-electron chi connectivity index (χ3n) is 2.76. The summed E-state index contributed by atoms with van der Waals surface area (Å²) in [6, 6.07) is 0. The van der Waals surface area contributed by atoms with Gasteiger partial charge in [-0.3, -0.25) is 4.39 Å². The molecule has 0 aromatic heterocycles. The van der Waals surface area contributed by atoms with Gasteiger partial charge < -0.3 is 15.4 Å². The lowest BCUT2D eigenvalue weighted by Crippen LogP contribution is -2.53. The number of halogens is 1. The minimum Gasteiger partial charge on any atom is -0.444 e. The lowest BCUT2D eigenvalue weighted by Gasteiger charge is -2.31. The van der Waals surface area contributed by atoms with Crippen LogP contribution in [-0.2, 0) is 4.74 Å². The molecule has 0 unspecified atom stereocenters. The molecular formula is C11H21FN2O2. The highest BCUT2D eigenvalue weighted by Gasteiger charge is 2.40. The minimum absolute atomic E-state index is 0.194. The fourth-order valence-corrected chi connectivity index (χ4v) is 1.78. The summed E-state index contributed by atoms with van der Waals surface area (Å²) in [5.41, 5.74) is -1.09. The molecule has 1 saturated heterocycles. The van der Waals surface area contributed by atoms with E-state index in [4.69, 9.17) is 4.74 Å². The van der Waals surface area contributed by atoms with Crippen molar-refractivity contribution >= 4 is 6.09 Å². The lowest BCUT2D eigenvalue weighted by atomic mass is 9.90. The van der Waals surface area contributed by atoms with Crippen LogP contribution in [0.15, 0.2) is 0 Å². The molecule has 94 valence electrons. The van der Waals surface area contributed by atoms with E-state index in [2.05, 4.69) is 10.6 Å². The molecule has 1 aliphatic heterocycles. The predicted octanol–water partition coefficient (Wildman–Crippen LogP) is 1.46. The molecule has 0 spiro atoms. The zero-order valence-corrected chi connectivity index (χ0v) is 10.4. The van der Waals surface area contributed by atoms with Crippen LogP contribution in [0.1, 0.15) is 27.7 Å². The minimum atomic E-state index is -0.558. The van der Waals surface area contributed by atoms with Crippen LogP contribution < -0.4 is 10.6 Å². The summed E-state index contributed by atoms with van der Waals surface area (Å²) < 4.78 is 17.9. The first-order valence-corrected chi connectivity index (χ1v) is 5.55. The number of ether oxygens (including phenoxy) is 1. The van der Waals surface area contributed by atoms with E-state index in [9.17, 15) is 9.18 Å². The summed E-state index contributed by atoms with van der Waals surface area (Å²) >= 11 is 0. The van der Waals surface area contributed by atoms with Crippen LogP contribution >= 0.6 is 0 Å². The van der Waals surface area contributed by atoms with E-state index < -0.39 is 23.9 Å². The van der Waals surface area contributed by atoms with Gasteiger partial charge in [0.15, 0.2) is 0 Å². The summed E-state index contributed by atoms with van der Waals surface area (Å²) in [6.07, 6.45) is -0.489. The van der Waals surface area contributed by atoms with Crippen LogP contribution in [0, 0.1) is 5.92 Å². The predicted molar refractivity (Wildman–Crippen MR) is 60.1 cm³/mol. The van der Waals surface area contributed by atoms with Crippen molar-refractivity contribution in [3.63, 3.8) is 0 Å². The molecule has 1 heterocycles. The molecule has 1 aliphatic rings. The molecule has 0 bridgehead atoms. The SMILES string of the molecule is CC(C)(C)OC(=O)N[C@]1(C)CNC[C@H]1CF. The van der Waals surface area contributed by atoms with Gasteiger partial charge >= 0.3 is 6.09 Å². The van der Waals surface area contributed by atoms with Crippen molar-refractivity contribution < 1.29 is 13.9 Å². The van der Waals surface area contributed by atoms with Gasteiger partial charge in [-0.1, -0.05) is 0 Å². The Morgan fingerprint density at radius 1 is 1.62 bits per heavy atom. The molecule has 16 heavy (non-hydrogen) atoms. The van der Waals surface area contributed by atoms with E-state index in [0.29, 0.717) is 13.1 Å². The molecule has 1 amide bonds. The Bertz CT molecular complexity index is 265. The normalized spacial score (nSPS) is 30.2. The van der Waals surface area contributed by atoms with Crippen LogP contribution in [0.3, 0.4) is 0 Å². The number of hydrogen-bond donors (Lipinski definition) is 2. The maximum Gasteiger partial charge on any atom is 0.408 e. The van der Waals surface area contributed by atoms with Crippen molar-refractivity contribution in [3.05, 3.63) is 0 Å². The summed E-state index contributed by atoms with van der Waals surface area (Å²) in [5, 5.41) is 5.82. The number of rotatable bonds is 2. The highest BCUT2D eigenvalue weighted by Crippen LogP contribution is 2.22. The second kappa shape index (κ2) is 4.57. The fraction of sp³-hybridized carbons (Fsp3) is 0.909. The Morgan fingerprint density at radius 2 is 2.25 bits per heavy atom. The standard InChI is InChI=1S/C11H21FN2O2/c1-10(2,3)16-9(15)14-11(4)7-13-6-8(11)5-12/h8,13H,5-7H2,1-4H3,(H,14,15)/t8-,11-/m1/s1. The molecule has 0 aliphatic carbocycles. The Hall–Kier alpha value is -0.840. The van der Waals surface area contributed by atoms with Gasteiger partial charge in [-0.25, -0.2) is 4.79 Å². The van der Waals surface area contributed by atoms with E-state index >= 15 is 0 Å². The van der Waals surface area contributed by atoms with Crippen molar-refractivity contribution in [1.29, 1.82) is 0 Å². The van der Waals surface area contributed by atoms with Gasteiger partial charge in [0.2, 0.25) is 0 Å². The third kappa shape index (κ3) is 3.33. The van der Waals surface area contributed by atoms with Crippen molar-refractivity contribution in [2.24, 2.45) is 5.92 Å². The Balaban J connectivity index is 2.55. The van der Waals surface area contributed by atoms with Crippen molar-refractivity contribution in [1.82, 2.24) is 10.6 Å². The van der Waals surface area contributed by atoms with Gasteiger partial charge in [0.05, 0.1) is 12.2 Å². The number of hydrogen-bond acceptors (Lipinski definition) is 3. The van der Waals surface area contributed by atoms with Gasteiger partial charge in [-0.2, -0.15) is 0 Å². The maximum atomic E-state index is 12.7. The number of carbonyl (C=O) groups is 1. The van der Waals surface area contributed by atoms with Crippen LogP contribution in [0.4, 0.5) is 9.18 Å². The third-order valence-corrected chi connectivity index (χ3v) is 2.76. The van der Waals surface area contributed by atoms with E-state index in [0.717, 1.165) is 0 Å². The average molecular weight is 232 g/mol. The second-order valence-corrected chi connectivity index (χ2v) is 5.53. The molecule has 0 saturated carbocycles. The van der Waals surface area contributed by atoms with Gasteiger partial charge in [-0.05, 0) is 27.7 Å². The zero-order chi connectivity index (χ0) is 12.4. The van der Waals surface area contributed by atoms with Crippen LogP contribution in [-0.4, -0.2) is 37.0 Å². The van der Waals surface area contributed by atoms with E-state index in [1.54, 1.807) is 20.8 Å². The van der Waals surface area contributed by atoms with Gasteiger partial charge in [-0.15, -0.1) is 0 Å². The molecule has 5 heteroatoms. The highest BCUT2D eigenvalue weighted by atomic mass is 19.1. The molecule has 1 rings (SSSR count).